The third-order valence-electron chi connectivity index (χ3n) is 16.8. The van der Waals surface area contributed by atoms with Crippen molar-refractivity contribution in [1.29, 1.82) is 0 Å². The number of carbonyl (C=O) groups excluding carboxylic acids is 3. The molecule has 0 saturated heterocycles. The average molecular weight is 1110 g/mol. The van der Waals surface area contributed by atoms with Gasteiger partial charge in [0.25, 0.3) is 0 Å². The molecule has 0 radical (unpaired) electrons. The molecule has 1 unspecified atom stereocenters. The summed E-state index contributed by atoms with van der Waals surface area (Å²) in [6.07, 6.45) is 82.5. The highest BCUT2D eigenvalue weighted by Gasteiger charge is 2.19. The van der Waals surface area contributed by atoms with Crippen LogP contribution in [-0.2, 0) is 28.6 Å². The normalized spacial score (nSPS) is 12.0. The van der Waals surface area contributed by atoms with E-state index in [9.17, 15) is 14.4 Å². The maximum Gasteiger partial charge on any atom is 0.306 e. The predicted molar refractivity (Wildman–Crippen MR) is 344 cm³/mol. The van der Waals surface area contributed by atoms with Crippen LogP contribution in [0.1, 0.15) is 419 Å². The van der Waals surface area contributed by atoms with Gasteiger partial charge in [0.05, 0.1) is 0 Å². The van der Waals surface area contributed by atoms with E-state index < -0.39 is 6.10 Å². The van der Waals surface area contributed by atoms with Gasteiger partial charge in [0, 0.05) is 19.3 Å². The summed E-state index contributed by atoms with van der Waals surface area (Å²) in [7, 11) is 0. The number of ether oxygens (including phenoxy) is 3. The van der Waals surface area contributed by atoms with Crippen molar-refractivity contribution in [3.8, 4) is 0 Å². The fraction of sp³-hybridized carbons (Fsp3) is 0.932. The number of hydrogen-bond donors (Lipinski definition) is 0. The Balaban J connectivity index is 4.21. The van der Waals surface area contributed by atoms with E-state index in [4.69, 9.17) is 14.2 Å². The Bertz CT molecular complexity index is 1230. The first kappa shape index (κ1) is 77.2. The van der Waals surface area contributed by atoms with E-state index in [1.807, 2.05) is 0 Å². The molecule has 0 bridgehead atoms. The third-order valence-corrected chi connectivity index (χ3v) is 16.8. The third kappa shape index (κ3) is 66.8. The minimum atomic E-state index is -0.770. The number of allylic oxidation sites excluding steroid dienone is 2. The molecule has 0 spiro atoms. The number of unbranched alkanes of at least 4 members (excludes halogenated alkanes) is 55. The lowest BCUT2D eigenvalue weighted by Gasteiger charge is -2.18. The van der Waals surface area contributed by atoms with Crippen LogP contribution in [0.2, 0.25) is 0 Å². The van der Waals surface area contributed by atoms with Crippen molar-refractivity contribution >= 4 is 17.9 Å². The number of carbonyl (C=O) groups is 3. The molecule has 79 heavy (non-hydrogen) atoms. The Labute approximate surface area is 494 Å². The summed E-state index contributed by atoms with van der Waals surface area (Å²) >= 11 is 0. The van der Waals surface area contributed by atoms with E-state index >= 15 is 0 Å². The second-order valence-electron chi connectivity index (χ2n) is 24.9. The molecule has 0 aromatic heterocycles. The molecule has 0 aromatic rings. The molecule has 0 aliphatic heterocycles. The maximum absolute atomic E-state index is 13.0. The van der Waals surface area contributed by atoms with Crippen LogP contribution in [0.3, 0.4) is 0 Å². The van der Waals surface area contributed by atoms with Gasteiger partial charge in [-0.15, -0.1) is 0 Å². The van der Waals surface area contributed by atoms with Crippen molar-refractivity contribution in [3.05, 3.63) is 12.2 Å². The first-order valence-corrected chi connectivity index (χ1v) is 36.2. The second-order valence-corrected chi connectivity index (χ2v) is 24.9. The molecule has 0 aromatic carbocycles. The molecule has 0 aliphatic rings. The van der Waals surface area contributed by atoms with Crippen LogP contribution in [0.15, 0.2) is 12.2 Å². The molecular formula is C73H140O6. The molecule has 0 heterocycles. The first-order valence-electron chi connectivity index (χ1n) is 36.2. The fourth-order valence-electron chi connectivity index (χ4n) is 11.3. The molecule has 6 heteroatoms. The molecule has 0 N–H and O–H groups in total. The van der Waals surface area contributed by atoms with Crippen molar-refractivity contribution < 1.29 is 28.6 Å². The van der Waals surface area contributed by atoms with Crippen LogP contribution in [0.4, 0.5) is 0 Å². The Hall–Kier alpha value is -1.85. The molecular weight excluding hydrogens is 973 g/mol. The molecule has 1 atom stereocenters. The monoisotopic (exact) mass is 1110 g/mol. The highest BCUT2D eigenvalue weighted by Crippen LogP contribution is 2.19. The second kappa shape index (κ2) is 68.6. The van der Waals surface area contributed by atoms with E-state index in [2.05, 4.69) is 32.9 Å². The summed E-state index contributed by atoms with van der Waals surface area (Å²) in [5.41, 5.74) is 0. The van der Waals surface area contributed by atoms with Crippen LogP contribution >= 0.6 is 0 Å². The van der Waals surface area contributed by atoms with Crippen LogP contribution < -0.4 is 0 Å². The van der Waals surface area contributed by atoms with E-state index in [1.54, 1.807) is 0 Å². The summed E-state index contributed by atoms with van der Waals surface area (Å²) in [5, 5.41) is 0. The first-order chi connectivity index (χ1) is 39.0. The minimum absolute atomic E-state index is 0.0655. The summed E-state index contributed by atoms with van der Waals surface area (Å²) < 4.78 is 17.0. The number of rotatable bonds is 68. The highest BCUT2D eigenvalue weighted by atomic mass is 16.6. The van der Waals surface area contributed by atoms with Crippen LogP contribution in [0, 0.1) is 0 Å². The number of esters is 3. The Morgan fingerprint density at radius 1 is 0.241 bits per heavy atom. The molecule has 468 valence electrons. The SMILES string of the molecule is CCCCCCC/C=C\CCCCCCCC(=O)OCC(COC(=O)CCCCCCCCCCCCCCCCCCCCCCCCCCC)OC(=O)CCCCCCCCCCCCCCCCCCCCCCCC. The van der Waals surface area contributed by atoms with Crippen molar-refractivity contribution in [2.45, 2.75) is 425 Å². The molecule has 0 amide bonds. The zero-order valence-electron chi connectivity index (χ0n) is 53.9. The topological polar surface area (TPSA) is 78.9 Å². The highest BCUT2D eigenvalue weighted by molar-refractivity contribution is 5.71. The predicted octanol–water partition coefficient (Wildman–Crippen LogP) is 24.8. The minimum Gasteiger partial charge on any atom is -0.462 e. The van der Waals surface area contributed by atoms with Gasteiger partial charge < -0.3 is 14.2 Å². The molecule has 0 rings (SSSR count). The maximum atomic E-state index is 13.0. The Kier molecular flexibility index (Phi) is 67.0. The standard InChI is InChI=1S/C73H140O6/c1-4-7-10-13-16-19-22-25-28-30-32-34-36-37-38-40-41-43-45-48-51-54-57-60-63-66-72(75)78-69-70(68-77-71(74)65-62-59-56-53-50-47-27-24-21-18-15-12-9-6-3)79-73(76)67-64-61-58-55-52-49-46-44-42-39-35-33-31-29-26-23-20-17-14-11-8-5-2/h24,27,70H,4-23,25-26,28-69H2,1-3H3/b27-24-. The van der Waals surface area contributed by atoms with Gasteiger partial charge in [0.2, 0.25) is 0 Å². The van der Waals surface area contributed by atoms with Gasteiger partial charge >= 0.3 is 17.9 Å². The fourth-order valence-corrected chi connectivity index (χ4v) is 11.3. The quantitative estimate of drug-likeness (QED) is 0.0261. The zero-order valence-corrected chi connectivity index (χ0v) is 53.9. The molecule has 0 aliphatic carbocycles. The van der Waals surface area contributed by atoms with E-state index in [0.29, 0.717) is 19.3 Å². The van der Waals surface area contributed by atoms with Gasteiger partial charge in [-0.2, -0.15) is 0 Å². The van der Waals surface area contributed by atoms with Gasteiger partial charge in [-0.3, -0.25) is 14.4 Å². The van der Waals surface area contributed by atoms with Gasteiger partial charge in [-0.05, 0) is 44.9 Å². The lowest BCUT2D eigenvalue weighted by Crippen LogP contribution is -2.30. The lowest BCUT2D eigenvalue weighted by molar-refractivity contribution is -0.167. The molecule has 0 saturated carbocycles. The van der Waals surface area contributed by atoms with Crippen LogP contribution in [0.25, 0.3) is 0 Å². The van der Waals surface area contributed by atoms with Gasteiger partial charge in [0.1, 0.15) is 13.2 Å². The van der Waals surface area contributed by atoms with Crippen LogP contribution in [0.5, 0.6) is 0 Å². The largest absolute Gasteiger partial charge is 0.462 e. The molecule has 0 fully saturated rings. The van der Waals surface area contributed by atoms with E-state index in [1.165, 1.54) is 315 Å². The zero-order chi connectivity index (χ0) is 57.1. The van der Waals surface area contributed by atoms with Gasteiger partial charge in [-0.1, -0.05) is 367 Å². The number of hydrogen-bond acceptors (Lipinski definition) is 6. The lowest BCUT2D eigenvalue weighted by atomic mass is 10.0. The van der Waals surface area contributed by atoms with Crippen molar-refractivity contribution in [3.63, 3.8) is 0 Å². The van der Waals surface area contributed by atoms with Crippen molar-refractivity contribution in [2.75, 3.05) is 13.2 Å². The van der Waals surface area contributed by atoms with Gasteiger partial charge in [-0.25, -0.2) is 0 Å². The average Bonchev–Trinajstić information content (AvgIpc) is 3.45. The smallest absolute Gasteiger partial charge is 0.306 e. The van der Waals surface area contributed by atoms with Crippen LogP contribution in [-0.4, -0.2) is 37.2 Å². The van der Waals surface area contributed by atoms with E-state index in [-0.39, 0.29) is 31.1 Å². The summed E-state index contributed by atoms with van der Waals surface area (Å²) in [4.78, 5) is 38.4. The van der Waals surface area contributed by atoms with Crippen molar-refractivity contribution in [1.82, 2.24) is 0 Å². The van der Waals surface area contributed by atoms with E-state index in [0.717, 1.165) is 64.2 Å². The summed E-state index contributed by atoms with van der Waals surface area (Å²) in [6, 6.07) is 0. The van der Waals surface area contributed by atoms with Crippen molar-refractivity contribution in [2.24, 2.45) is 0 Å². The van der Waals surface area contributed by atoms with Gasteiger partial charge in [0.15, 0.2) is 6.10 Å². The Morgan fingerprint density at radius 3 is 0.633 bits per heavy atom. The summed E-state index contributed by atoms with van der Waals surface area (Å²) in [6.45, 7) is 6.72. The summed E-state index contributed by atoms with van der Waals surface area (Å²) in [5.74, 6) is -0.838. The molecule has 6 nitrogen and oxygen atoms in total. The Morgan fingerprint density at radius 2 is 0.418 bits per heavy atom.